The van der Waals surface area contributed by atoms with Gasteiger partial charge in [0.05, 0.1) is 19.8 Å². The van der Waals surface area contributed by atoms with Crippen molar-refractivity contribution in [1.29, 1.82) is 0 Å². The van der Waals surface area contributed by atoms with Gasteiger partial charge in [0.25, 0.3) is 0 Å². The van der Waals surface area contributed by atoms with Crippen LogP contribution in [0.2, 0.25) is 0 Å². The Balaban J connectivity index is 1.53. The summed E-state index contributed by atoms with van der Waals surface area (Å²) in [5, 5.41) is 8.74. The molecule has 7 nitrogen and oxygen atoms in total. The van der Waals surface area contributed by atoms with Crippen LogP contribution in [0.4, 0.5) is 10.1 Å². The molecule has 1 heterocycles. The van der Waals surface area contributed by atoms with Crippen LogP contribution in [0, 0.1) is 11.7 Å². The molecule has 8 heteroatoms. The molecule has 2 rings (SSSR count). The first-order chi connectivity index (χ1) is 12.7. The molecular weight excluding hydrogens is 339 g/mol. The van der Waals surface area contributed by atoms with Crippen molar-refractivity contribution in [2.24, 2.45) is 10.9 Å². The van der Waals surface area contributed by atoms with Crippen LogP contribution in [-0.2, 0) is 14.3 Å². The molecule has 3 N–H and O–H groups in total. The van der Waals surface area contributed by atoms with E-state index in [1.54, 1.807) is 7.05 Å². The predicted molar refractivity (Wildman–Crippen MR) is 98.8 cm³/mol. The van der Waals surface area contributed by atoms with Crippen molar-refractivity contribution in [2.75, 3.05) is 51.9 Å². The van der Waals surface area contributed by atoms with Crippen LogP contribution in [0.3, 0.4) is 0 Å². The van der Waals surface area contributed by atoms with Crippen molar-refractivity contribution < 1.29 is 18.7 Å². The number of amides is 1. The van der Waals surface area contributed by atoms with Crippen LogP contribution in [0.5, 0.6) is 0 Å². The average molecular weight is 366 g/mol. The van der Waals surface area contributed by atoms with E-state index in [1.807, 2.05) is 0 Å². The lowest BCUT2D eigenvalue weighted by atomic mass is 10.1. The SMILES string of the molecule is CN=C(NCCCOCC1CCOC1)NCC(=O)Nc1ccc(F)cc1. The van der Waals surface area contributed by atoms with Gasteiger partial charge in [-0.2, -0.15) is 0 Å². The highest BCUT2D eigenvalue weighted by Gasteiger charge is 2.15. The number of guanidine groups is 1. The summed E-state index contributed by atoms with van der Waals surface area (Å²) < 4.78 is 23.8. The number of rotatable bonds is 9. The van der Waals surface area contributed by atoms with E-state index in [9.17, 15) is 9.18 Å². The van der Waals surface area contributed by atoms with Gasteiger partial charge in [0.15, 0.2) is 5.96 Å². The third kappa shape index (κ3) is 7.79. The molecule has 1 aromatic carbocycles. The Morgan fingerprint density at radius 3 is 2.85 bits per heavy atom. The summed E-state index contributed by atoms with van der Waals surface area (Å²) in [7, 11) is 1.64. The van der Waals surface area contributed by atoms with Gasteiger partial charge in [0.2, 0.25) is 5.91 Å². The second-order valence-corrected chi connectivity index (χ2v) is 6.07. The molecule has 1 fully saturated rings. The van der Waals surface area contributed by atoms with Gasteiger partial charge in [-0.05, 0) is 37.1 Å². The fourth-order valence-corrected chi connectivity index (χ4v) is 2.47. The summed E-state index contributed by atoms with van der Waals surface area (Å²) >= 11 is 0. The van der Waals surface area contributed by atoms with Gasteiger partial charge in [-0.15, -0.1) is 0 Å². The molecular formula is C18H27FN4O3. The molecule has 1 aromatic rings. The Morgan fingerprint density at radius 1 is 1.35 bits per heavy atom. The molecule has 1 aliphatic heterocycles. The van der Waals surface area contributed by atoms with Gasteiger partial charge >= 0.3 is 0 Å². The van der Waals surface area contributed by atoms with E-state index in [1.165, 1.54) is 24.3 Å². The quantitative estimate of drug-likeness (QED) is 0.349. The minimum atomic E-state index is -0.341. The third-order valence-corrected chi connectivity index (χ3v) is 3.90. The topological polar surface area (TPSA) is 84.0 Å². The molecule has 0 saturated carbocycles. The van der Waals surface area contributed by atoms with E-state index >= 15 is 0 Å². The zero-order valence-corrected chi connectivity index (χ0v) is 15.1. The number of nitrogens with one attached hydrogen (secondary N) is 3. The Morgan fingerprint density at radius 2 is 2.15 bits per heavy atom. The van der Waals surface area contributed by atoms with E-state index in [4.69, 9.17) is 9.47 Å². The zero-order valence-electron chi connectivity index (χ0n) is 15.1. The number of halogens is 1. The number of benzene rings is 1. The van der Waals surface area contributed by atoms with Crippen LogP contribution in [-0.4, -0.2) is 58.4 Å². The summed E-state index contributed by atoms with van der Waals surface area (Å²) in [6, 6.07) is 5.62. The number of anilines is 1. The number of hydrogen-bond acceptors (Lipinski definition) is 4. The van der Waals surface area contributed by atoms with Gasteiger partial charge in [0, 0.05) is 38.4 Å². The fourth-order valence-electron chi connectivity index (χ4n) is 2.47. The number of nitrogens with zero attached hydrogens (tertiary/aromatic N) is 1. The molecule has 1 saturated heterocycles. The molecule has 1 aliphatic rings. The lowest BCUT2D eigenvalue weighted by molar-refractivity contribution is -0.115. The fraction of sp³-hybridized carbons (Fsp3) is 0.556. The normalized spacial score (nSPS) is 17.2. The van der Waals surface area contributed by atoms with E-state index < -0.39 is 0 Å². The first-order valence-electron chi connectivity index (χ1n) is 8.83. The average Bonchev–Trinajstić information content (AvgIpc) is 3.16. The zero-order chi connectivity index (χ0) is 18.6. The number of carbonyl (C=O) groups is 1. The number of hydrogen-bond donors (Lipinski definition) is 3. The van der Waals surface area contributed by atoms with Crippen molar-refractivity contribution in [3.05, 3.63) is 30.1 Å². The highest BCUT2D eigenvalue weighted by atomic mass is 19.1. The molecule has 26 heavy (non-hydrogen) atoms. The molecule has 0 aromatic heterocycles. The van der Waals surface area contributed by atoms with Crippen molar-refractivity contribution in [3.8, 4) is 0 Å². The summed E-state index contributed by atoms with van der Waals surface area (Å²) in [5.74, 6) is 0.494. The van der Waals surface area contributed by atoms with Crippen molar-refractivity contribution in [2.45, 2.75) is 12.8 Å². The summed E-state index contributed by atoms with van der Waals surface area (Å²) in [6.07, 6.45) is 1.92. The smallest absolute Gasteiger partial charge is 0.243 e. The Kier molecular flexibility index (Phi) is 8.85. The standard InChI is InChI=1S/C18H27FN4O3/c1-20-18(21-8-2-9-25-12-14-7-10-26-13-14)22-11-17(24)23-16-5-3-15(19)4-6-16/h3-6,14H,2,7-13H2,1H3,(H,23,24)(H2,20,21,22). The third-order valence-electron chi connectivity index (χ3n) is 3.90. The number of aliphatic imine (C=N–C) groups is 1. The first-order valence-corrected chi connectivity index (χ1v) is 8.83. The maximum Gasteiger partial charge on any atom is 0.243 e. The second-order valence-electron chi connectivity index (χ2n) is 6.07. The van der Waals surface area contributed by atoms with E-state index in [-0.39, 0.29) is 18.3 Å². The summed E-state index contributed by atoms with van der Waals surface area (Å²) in [4.78, 5) is 15.9. The van der Waals surface area contributed by atoms with Crippen LogP contribution in [0.25, 0.3) is 0 Å². The molecule has 1 unspecified atom stereocenters. The van der Waals surface area contributed by atoms with Crippen molar-refractivity contribution >= 4 is 17.6 Å². The lowest BCUT2D eigenvalue weighted by Gasteiger charge is -2.13. The minimum Gasteiger partial charge on any atom is -0.381 e. The predicted octanol–water partition coefficient (Wildman–Crippen LogP) is 1.37. The molecule has 1 atom stereocenters. The van der Waals surface area contributed by atoms with E-state index in [2.05, 4.69) is 20.9 Å². The van der Waals surface area contributed by atoms with E-state index in [0.717, 1.165) is 32.7 Å². The maximum atomic E-state index is 12.8. The van der Waals surface area contributed by atoms with Gasteiger partial charge < -0.3 is 25.4 Å². The van der Waals surface area contributed by atoms with Crippen LogP contribution < -0.4 is 16.0 Å². The van der Waals surface area contributed by atoms with E-state index in [0.29, 0.717) is 30.7 Å². The van der Waals surface area contributed by atoms with Gasteiger partial charge in [-0.1, -0.05) is 0 Å². The van der Waals surface area contributed by atoms with Gasteiger partial charge in [0.1, 0.15) is 5.82 Å². The molecule has 0 aliphatic carbocycles. The maximum absolute atomic E-state index is 12.8. The number of ether oxygens (including phenoxy) is 2. The first kappa shape index (κ1) is 20.1. The summed E-state index contributed by atoms with van der Waals surface area (Å²) in [6.45, 7) is 3.82. The number of carbonyl (C=O) groups excluding carboxylic acids is 1. The highest BCUT2D eigenvalue weighted by molar-refractivity contribution is 5.94. The Bertz CT molecular complexity index is 574. The van der Waals surface area contributed by atoms with Crippen LogP contribution in [0.1, 0.15) is 12.8 Å². The molecule has 0 bridgehead atoms. The minimum absolute atomic E-state index is 0.0647. The van der Waals surface area contributed by atoms with Crippen molar-refractivity contribution in [3.63, 3.8) is 0 Å². The lowest BCUT2D eigenvalue weighted by Crippen LogP contribution is -2.41. The second kappa shape index (κ2) is 11.4. The van der Waals surface area contributed by atoms with Gasteiger partial charge in [-0.25, -0.2) is 4.39 Å². The monoisotopic (exact) mass is 366 g/mol. The molecule has 0 spiro atoms. The Labute approximate surface area is 153 Å². The van der Waals surface area contributed by atoms with Gasteiger partial charge in [-0.3, -0.25) is 9.79 Å². The highest BCUT2D eigenvalue weighted by Crippen LogP contribution is 2.12. The summed E-state index contributed by atoms with van der Waals surface area (Å²) in [5.41, 5.74) is 0.547. The largest absolute Gasteiger partial charge is 0.381 e. The van der Waals surface area contributed by atoms with Crippen LogP contribution >= 0.6 is 0 Å². The molecule has 0 radical (unpaired) electrons. The van der Waals surface area contributed by atoms with Crippen molar-refractivity contribution in [1.82, 2.24) is 10.6 Å². The Hall–Kier alpha value is -2.19. The molecule has 1 amide bonds. The molecule has 144 valence electrons. The van der Waals surface area contributed by atoms with Crippen LogP contribution in [0.15, 0.2) is 29.3 Å².